The minimum absolute atomic E-state index is 0.159. The zero-order valence-corrected chi connectivity index (χ0v) is 8.51. The molecule has 0 saturated carbocycles. The van der Waals surface area contributed by atoms with Gasteiger partial charge in [0.15, 0.2) is 0 Å². The maximum absolute atomic E-state index is 11.8. The molecule has 0 N–H and O–H groups in total. The second-order valence-electron chi connectivity index (χ2n) is 3.36. The van der Waals surface area contributed by atoms with Crippen molar-refractivity contribution in [3.63, 3.8) is 0 Å². The fraction of sp³-hybridized carbons (Fsp3) is 0.273. The predicted molar refractivity (Wildman–Crippen MR) is 56.6 cm³/mol. The molecular weight excluding hydrogens is 192 g/mol. The van der Waals surface area contributed by atoms with E-state index in [2.05, 4.69) is 0 Å². The van der Waals surface area contributed by atoms with Crippen molar-refractivity contribution >= 4 is 17.6 Å². The van der Waals surface area contributed by atoms with Crippen molar-refractivity contribution in [1.82, 2.24) is 4.90 Å². The lowest BCUT2D eigenvalue weighted by Gasteiger charge is -2.15. The van der Waals surface area contributed by atoms with E-state index in [1.54, 1.807) is 12.1 Å². The summed E-state index contributed by atoms with van der Waals surface area (Å²) in [5.41, 5.74) is 0.642. The van der Waals surface area contributed by atoms with E-state index >= 15 is 0 Å². The molecule has 1 aromatic rings. The molecule has 0 spiro atoms. The van der Waals surface area contributed by atoms with Crippen LogP contribution in [-0.2, 0) is 4.79 Å². The summed E-state index contributed by atoms with van der Waals surface area (Å²) < 4.78 is 0. The zero-order valence-electron chi connectivity index (χ0n) is 8.51. The lowest BCUT2D eigenvalue weighted by atomic mass is 10.3. The number of urea groups is 1. The Bertz CT molecular complexity index is 389. The van der Waals surface area contributed by atoms with Crippen molar-refractivity contribution in [2.75, 3.05) is 18.0 Å². The topological polar surface area (TPSA) is 40.6 Å². The average molecular weight is 204 g/mol. The van der Waals surface area contributed by atoms with E-state index in [1.165, 1.54) is 9.80 Å². The second kappa shape index (κ2) is 3.73. The minimum Gasteiger partial charge on any atom is -0.315 e. The number of para-hydroxylation sites is 1. The maximum atomic E-state index is 11.8. The molecule has 3 amide bonds. The van der Waals surface area contributed by atoms with Crippen LogP contribution in [0.25, 0.3) is 0 Å². The molecule has 0 atom stereocenters. The highest BCUT2D eigenvalue weighted by molar-refractivity contribution is 6.19. The van der Waals surface area contributed by atoms with Crippen molar-refractivity contribution in [2.45, 2.75) is 6.92 Å². The van der Waals surface area contributed by atoms with Crippen molar-refractivity contribution in [1.29, 1.82) is 0 Å². The number of carbonyl (C=O) groups is 2. The third kappa shape index (κ3) is 1.58. The number of anilines is 1. The summed E-state index contributed by atoms with van der Waals surface area (Å²) in [5, 5.41) is 0. The molecule has 2 rings (SSSR count). The van der Waals surface area contributed by atoms with Gasteiger partial charge in [0.2, 0.25) is 0 Å². The number of rotatable bonds is 2. The van der Waals surface area contributed by atoms with E-state index < -0.39 is 0 Å². The Labute approximate surface area is 88.1 Å². The lowest BCUT2D eigenvalue weighted by molar-refractivity contribution is -0.116. The van der Waals surface area contributed by atoms with E-state index in [1.807, 2.05) is 25.1 Å². The van der Waals surface area contributed by atoms with Crippen molar-refractivity contribution in [2.24, 2.45) is 0 Å². The van der Waals surface area contributed by atoms with E-state index in [0.29, 0.717) is 12.2 Å². The van der Waals surface area contributed by atoms with Crippen LogP contribution in [0.4, 0.5) is 10.5 Å². The third-order valence-electron chi connectivity index (χ3n) is 2.43. The first kappa shape index (κ1) is 9.71. The molecule has 1 fully saturated rings. The molecule has 1 aliphatic heterocycles. The summed E-state index contributed by atoms with van der Waals surface area (Å²) in [6.45, 7) is 2.61. The van der Waals surface area contributed by atoms with Crippen LogP contribution in [0, 0.1) is 0 Å². The van der Waals surface area contributed by atoms with Crippen LogP contribution in [-0.4, -0.2) is 29.9 Å². The summed E-state index contributed by atoms with van der Waals surface area (Å²) in [6.07, 6.45) is 0. The van der Waals surface area contributed by atoms with Gasteiger partial charge in [-0.25, -0.2) is 9.69 Å². The van der Waals surface area contributed by atoms with Crippen molar-refractivity contribution in [3.05, 3.63) is 30.3 Å². The molecule has 0 aromatic heterocycles. The Kier molecular flexibility index (Phi) is 2.41. The highest BCUT2D eigenvalue weighted by atomic mass is 16.2. The Morgan fingerprint density at radius 3 is 2.40 bits per heavy atom. The molecule has 0 aliphatic carbocycles. The standard InChI is InChI=1S/C11H12N2O2/c1-2-12-8-10(14)13(11(12)15)9-6-4-3-5-7-9/h3-7H,2,8H2,1H3. The van der Waals surface area contributed by atoms with Gasteiger partial charge in [-0.2, -0.15) is 0 Å². The molecule has 1 aromatic carbocycles. The molecule has 1 saturated heterocycles. The number of amides is 3. The van der Waals surface area contributed by atoms with Crippen LogP contribution in [0.15, 0.2) is 30.3 Å². The quantitative estimate of drug-likeness (QED) is 0.684. The summed E-state index contributed by atoms with van der Waals surface area (Å²) in [6, 6.07) is 8.76. The van der Waals surface area contributed by atoms with E-state index in [4.69, 9.17) is 0 Å². The zero-order chi connectivity index (χ0) is 10.8. The Morgan fingerprint density at radius 1 is 1.20 bits per heavy atom. The lowest BCUT2D eigenvalue weighted by Crippen LogP contribution is -2.32. The van der Waals surface area contributed by atoms with Gasteiger partial charge < -0.3 is 4.90 Å². The SMILES string of the molecule is CCN1CC(=O)N(c2ccccc2)C1=O. The molecule has 78 valence electrons. The molecule has 1 aliphatic rings. The first-order valence-electron chi connectivity index (χ1n) is 4.91. The Hall–Kier alpha value is -1.84. The molecular formula is C11H12N2O2. The van der Waals surface area contributed by atoms with E-state index in [0.717, 1.165) is 0 Å². The van der Waals surface area contributed by atoms with Gasteiger partial charge in [0.1, 0.15) is 6.54 Å². The second-order valence-corrected chi connectivity index (χ2v) is 3.36. The fourth-order valence-electron chi connectivity index (χ4n) is 1.63. The van der Waals surface area contributed by atoms with E-state index in [-0.39, 0.29) is 18.5 Å². The number of likely N-dealkylation sites (N-methyl/N-ethyl adjacent to an activating group) is 1. The molecule has 1 heterocycles. The molecule has 0 radical (unpaired) electrons. The average Bonchev–Trinajstić information content (AvgIpc) is 2.55. The Balaban J connectivity index is 2.31. The van der Waals surface area contributed by atoms with Gasteiger partial charge in [-0.1, -0.05) is 18.2 Å². The van der Waals surface area contributed by atoms with Crippen molar-refractivity contribution in [3.8, 4) is 0 Å². The number of carbonyl (C=O) groups excluding carboxylic acids is 2. The smallest absolute Gasteiger partial charge is 0.315 e. The largest absolute Gasteiger partial charge is 0.331 e. The van der Waals surface area contributed by atoms with Crippen LogP contribution < -0.4 is 4.90 Å². The molecule has 4 heteroatoms. The third-order valence-corrected chi connectivity index (χ3v) is 2.43. The number of hydrogen-bond donors (Lipinski definition) is 0. The number of nitrogens with zero attached hydrogens (tertiary/aromatic N) is 2. The molecule has 0 bridgehead atoms. The minimum atomic E-state index is -0.228. The summed E-state index contributed by atoms with van der Waals surface area (Å²) in [5.74, 6) is -0.159. The first-order chi connectivity index (χ1) is 7.24. The number of benzene rings is 1. The van der Waals surface area contributed by atoms with Gasteiger partial charge in [0.25, 0.3) is 5.91 Å². The predicted octanol–water partition coefficient (Wildman–Crippen LogP) is 1.48. The molecule has 0 unspecified atom stereocenters. The first-order valence-corrected chi connectivity index (χ1v) is 4.91. The van der Waals surface area contributed by atoms with Gasteiger partial charge in [0.05, 0.1) is 5.69 Å². The van der Waals surface area contributed by atoms with Gasteiger partial charge >= 0.3 is 6.03 Å². The summed E-state index contributed by atoms with van der Waals surface area (Å²) in [4.78, 5) is 26.1. The molecule has 4 nitrogen and oxygen atoms in total. The Morgan fingerprint density at radius 2 is 1.87 bits per heavy atom. The summed E-state index contributed by atoms with van der Waals surface area (Å²) in [7, 11) is 0. The van der Waals surface area contributed by atoms with E-state index in [9.17, 15) is 9.59 Å². The highest BCUT2D eigenvalue weighted by Crippen LogP contribution is 2.20. The van der Waals surface area contributed by atoms with Crippen LogP contribution >= 0.6 is 0 Å². The van der Waals surface area contributed by atoms with Crippen molar-refractivity contribution < 1.29 is 9.59 Å². The molecule has 15 heavy (non-hydrogen) atoms. The maximum Gasteiger partial charge on any atom is 0.331 e. The van der Waals surface area contributed by atoms with Crippen LogP contribution in [0.2, 0.25) is 0 Å². The fourth-order valence-corrected chi connectivity index (χ4v) is 1.63. The normalized spacial score (nSPS) is 16.3. The monoisotopic (exact) mass is 204 g/mol. The van der Waals surface area contributed by atoms with Crippen LogP contribution in [0.3, 0.4) is 0 Å². The van der Waals surface area contributed by atoms with Gasteiger partial charge in [-0.05, 0) is 19.1 Å². The van der Waals surface area contributed by atoms with Crippen LogP contribution in [0.1, 0.15) is 6.92 Å². The van der Waals surface area contributed by atoms with Gasteiger partial charge in [0, 0.05) is 6.54 Å². The van der Waals surface area contributed by atoms with Crippen LogP contribution in [0.5, 0.6) is 0 Å². The number of imide groups is 1. The van der Waals surface area contributed by atoms with Gasteiger partial charge in [-0.3, -0.25) is 4.79 Å². The number of hydrogen-bond acceptors (Lipinski definition) is 2. The highest BCUT2D eigenvalue weighted by Gasteiger charge is 2.35. The van der Waals surface area contributed by atoms with Gasteiger partial charge in [-0.15, -0.1) is 0 Å². The summed E-state index contributed by atoms with van der Waals surface area (Å²) >= 11 is 0.